The standard InChI is InChI=1S/C11H9N3OS/c15-11(10-5-6-12-7-13-10)14-8-1-3-9(16)4-2-8/h1-7,16H,(H,14,15). The minimum Gasteiger partial charge on any atom is -0.321 e. The highest BCUT2D eigenvalue weighted by Gasteiger charge is 2.06. The Hall–Kier alpha value is -1.88. The number of carbonyl (C=O) groups excluding carboxylic acids is 1. The van der Waals surface area contributed by atoms with Crippen LogP contribution in [0.5, 0.6) is 0 Å². The Kier molecular flexibility index (Phi) is 3.16. The Balaban J connectivity index is 2.11. The van der Waals surface area contributed by atoms with Gasteiger partial charge >= 0.3 is 0 Å². The first kappa shape index (κ1) is 10.6. The van der Waals surface area contributed by atoms with E-state index in [1.165, 1.54) is 12.5 Å². The van der Waals surface area contributed by atoms with Crippen molar-refractivity contribution < 1.29 is 4.79 Å². The van der Waals surface area contributed by atoms with Crippen molar-refractivity contribution in [3.8, 4) is 0 Å². The largest absolute Gasteiger partial charge is 0.321 e. The van der Waals surface area contributed by atoms with Crippen LogP contribution in [0.15, 0.2) is 47.8 Å². The van der Waals surface area contributed by atoms with E-state index in [2.05, 4.69) is 27.9 Å². The number of hydrogen-bond donors (Lipinski definition) is 2. The molecule has 0 atom stereocenters. The van der Waals surface area contributed by atoms with Crippen LogP contribution < -0.4 is 5.32 Å². The Morgan fingerprint density at radius 2 is 1.94 bits per heavy atom. The van der Waals surface area contributed by atoms with Crippen molar-refractivity contribution in [1.82, 2.24) is 9.97 Å². The molecule has 4 nitrogen and oxygen atoms in total. The summed E-state index contributed by atoms with van der Waals surface area (Å²) < 4.78 is 0. The fourth-order valence-electron chi connectivity index (χ4n) is 1.16. The molecule has 2 aromatic rings. The Labute approximate surface area is 98.2 Å². The molecule has 0 fully saturated rings. The van der Waals surface area contributed by atoms with Crippen molar-refractivity contribution in [3.05, 3.63) is 48.5 Å². The van der Waals surface area contributed by atoms with Gasteiger partial charge in [0, 0.05) is 16.8 Å². The number of nitrogens with one attached hydrogen (secondary N) is 1. The van der Waals surface area contributed by atoms with E-state index in [9.17, 15) is 4.79 Å². The van der Waals surface area contributed by atoms with E-state index in [1.807, 2.05) is 0 Å². The topological polar surface area (TPSA) is 54.9 Å². The zero-order valence-corrected chi connectivity index (χ0v) is 9.19. The maximum atomic E-state index is 11.7. The number of anilines is 1. The van der Waals surface area contributed by atoms with Gasteiger partial charge in [0.1, 0.15) is 12.0 Å². The van der Waals surface area contributed by atoms with Crippen LogP contribution in [-0.4, -0.2) is 15.9 Å². The SMILES string of the molecule is O=C(Nc1ccc(S)cc1)c1ccncn1. The van der Waals surface area contributed by atoms with Crippen LogP contribution in [-0.2, 0) is 0 Å². The van der Waals surface area contributed by atoms with Crippen LogP contribution in [0.2, 0.25) is 0 Å². The van der Waals surface area contributed by atoms with Gasteiger partial charge < -0.3 is 5.32 Å². The lowest BCUT2D eigenvalue weighted by Gasteiger charge is -2.03. The first-order valence-electron chi connectivity index (χ1n) is 4.62. The molecule has 0 aliphatic rings. The van der Waals surface area contributed by atoms with Gasteiger partial charge in [0.15, 0.2) is 0 Å². The molecule has 0 unspecified atom stereocenters. The van der Waals surface area contributed by atoms with Crippen LogP contribution in [0.3, 0.4) is 0 Å². The predicted octanol–water partition coefficient (Wildman–Crippen LogP) is 2.02. The van der Waals surface area contributed by atoms with Gasteiger partial charge in [-0.2, -0.15) is 0 Å². The maximum Gasteiger partial charge on any atom is 0.274 e. The summed E-state index contributed by atoms with van der Waals surface area (Å²) in [5, 5.41) is 2.72. The molecule has 0 bridgehead atoms. The highest BCUT2D eigenvalue weighted by Crippen LogP contribution is 2.12. The summed E-state index contributed by atoms with van der Waals surface area (Å²) in [7, 11) is 0. The lowest BCUT2D eigenvalue weighted by atomic mass is 10.3. The van der Waals surface area contributed by atoms with E-state index in [0.29, 0.717) is 11.4 Å². The Bertz CT molecular complexity index is 484. The molecule has 2 rings (SSSR count). The highest BCUT2D eigenvalue weighted by molar-refractivity contribution is 7.80. The molecule has 1 aromatic heterocycles. The number of aromatic nitrogens is 2. The summed E-state index contributed by atoms with van der Waals surface area (Å²) in [6.45, 7) is 0. The Morgan fingerprint density at radius 1 is 1.19 bits per heavy atom. The highest BCUT2D eigenvalue weighted by atomic mass is 32.1. The van der Waals surface area contributed by atoms with Crippen molar-refractivity contribution in [1.29, 1.82) is 0 Å². The molecule has 1 heterocycles. The van der Waals surface area contributed by atoms with Gasteiger partial charge in [-0.1, -0.05) is 0 Å². The average Bonchev–Trinajstić information content (AvgIpc) is 2.33. The third-order valence-corrected chi connectivity index (χ3v) is 2.24. The summed E-state index contributed by atoms with van der Waals surface area (Å²) in [4.78, 5) is 20.1. The van der Waals surface area contributed by atoms with Crippen molar-refractivity contribution >= 4 is 24.2 Å². The first-order chi connectivity index (χ1) is 7.75. The number of benzene rings is 1. The van der Waals surface area contributed by atoms with Gasteiger partial charge in [0.25, 0.3) is 5.91 Å². The molecule has 1 N–H and O–H groups in total. The quantitative estimate of drug-likeness (QED) is 0.777. The van der Waals surface area contributed by atoms with Gasteiger partial charge in [-0.05, 0) is 30.3 Å². The molecular weight excluding hydrogens is 222 g/mol. The monoisotopic (exact) mass is 231 g/mol. The third kappa shape index (κ3) is 2.58. The molecule has 0 spiro atoms. The summed E-state index contributed by atoms with van der Waals surface area (Å²) in [5.41, 5.74) is 1.05. The van der Waals surface area contributed by atoms with Crippen molar-refractivity contribution in [2.24, 2.45) is 0 Å². The minimum atomic E-state index is -0.255. The third-order valence-electron chi connectivity index (χ3n) is 1.94. The van der Waals surface area contributed by atoms with E-state index in [-0.39, 0.29) is 5.91 Å². The van der Waals surface area contributed by atoms with Gasteiger partial charge in [-0.25, -0.2) is 9.97 Å². The molecule has 16 heavy (non-hydrogen) atoms. The number of carbonyl (C=O) groups is 1. The lowest BCUT2D eigenvalue weighted by molar-refractivity contribution is 0.102. The second-order valence-electron chi connectivity index (χ2n) is 3.10. The minimum absolute atomic E-state index is 0.255. The molecule has 1 aromatic carbocycles. The van der Waals surface area contributed by atoms with Gasteiger partial charge in [-0.15, -0.1) is 12.6 Å². The second-order valence-corrected chi connectivity index (χ2v) is 3.61. The zero-order chi connectivity index (χ0) is 11.4. The van der Waals surface area contributed by atoms with Crippen LogP contribution in [0.4, 0.5) is 5.69 Å². The molecule has 1 amide bonds. The molecule has 5 heteroatoms. The van der Waals surface area contributed by atoms with Crippen LogP contribution >= 0.6 is 12.6 Å². The van der Waals surface area contributed by atoms with Crippen molar-refractivity contribution in [2.75, 3.05) is 5.32 Å². The van der Waals surface area contributed by atoms with Crippen LogP contribution in [0.25, 0.3) is 0 Å². The van der Waals surface area contributed by atoms with E-state index in [4.69, 9.17) is 0 Å². The van der Waals surface area contributed by atoms with E-state index < -0.39 is 0 Å². The van der Waals surface area contributed by atoms with Gasteiger partial charge in [-0.3, -0.25) is 4.79 Å². The molecule has 0 radical (unpaired) electrons. The average molecular weight is 231 g/mol. The molecular formula is C11H9N3OS. The predicted molar refractivity (Wildman–Crippen MR) is 63.7 cm³/mol. The smallest absolute Gasteiger partial charge is 0.274 e. The molecule has 0 aliphatic carbocycles. The van der Waals surface area contributed by atoms with Crippen LogP contribution in [0, 0.1) is 0 Å². The first-order valence-corrected chi connectivity index (χ1v) is 5.07. The Morgan fingerprint density at radius 3 is 2.56 bits per heavy atom. The van der Waals surface area contributed by atoms with E-state index in [0.717, 1.165) is 4.90 Å². The number of hydrogen-bond acceptors (Lipinski definition) is 4. The van der Waals surface area contributed by atoms with E-state index >= 15 is 0 Å². The van der Waals surface area contributed by atoms with E-state index in [1.54, 1.807) is 30.3 Å². The summed E-state index contributed by atoms with van der Waals surface area (Å²) >= 11 is 4.16. The maximum absolute atomic E-state index is 11.7. The zero-order valence-electron chi connectivity index (χ0n) is 8.29. The molecule has 0 saturated carbocycles. The lowest BCUT2D eigenvalue weighted by Crippen LogP contribution is -2.13. The number of thiol groups is 1. The fraction of sp³-hybridized carbons (Fsp3) is 0. The number of rotatable bonds is 2. The molecule has 80 valence electrons. The summed E-state index contributed by atoms with van der Waals surface area (Å²) in [6, 6.07) is 8.72. The second kappa shape index (κ2) is 4.76. The molecule has 0 saturated heterocycles. The number of nitrogens with zero attached hydrogens (tertiary/aromatic N) is 2. The van der Waals surface area contributed by atoms with Crippen molar-refractivity contribution in [3.63, 3.8) is 0 Å². The van der Waals surface area contributed by atoms with Gasteiger partial charge in [0.2, 0.25) is 0 Å². The summed E-state index contributed by atoms with van der Waals surface area (Å²) in [6.07, 6.45) is 2.87. The normalized spacial score (nSPS) is 9.81. The molecule has 0 aliphatic heterocycles. The number of amides is 1. The summed E-state index contributed by atoms with van der Waals surface area (Å²) in [5.74, 6) is -0.255. The van der Waals surface area contributed by atoms with Crippen molar-refractivity contribution in [2.45, 2.75) is 4.90 Å². The van der Waals surface area contributed by atoms with Gasteiger partial charge in [0.05, 0.1) is 0 Å². The van der Waals surface area contributed by atoms with Crippen LogP contribution in [0.1, 0.15) is 10.5 Å². The fourth-order valence-corrected chi connectivity index (χ4v) is 1.31.